The van der Waals surface area contributed by atoms with Gasteiger partial charge in [-0.05, 0) is 37.2 Å². The molecule has 1 N–H and O–H groups in total. The maximum atomic E-state index is 10.3. The molecule has 0 heterocycles. The monoisotopic (exact) mass is 274 g/mol. The fourth-order valence-electron chi connectivity index (χ4n) is 1.69. The molecule has 20 heavy (non-hydrogen) atoms. The van der Waals surface area contributed by atoms with Crippen molar-refractivity contribution in [3.63, 3.8) is 0 Å². The van der Waals surface area contributed by atoms with Crippen LogP contribution in [0, 0.1) is 23.7 Å². The lowest BCUT2D eigenvalue weighted by Crippen LogP contribution is -1.92. The van der Waals surface area contributed by atoms with Crippen molar-refractivity contribution in [2.24, 2.45) is 0 Å². The van der Waals surface area contributed by atoms with Gasteiger partial charge in [-0.1, -0.05) is 56.9 Å². The summed E-state index contributed by atoms with van der Waals surface area (Å²) in [7, 11) is 0. The van der Waals surface area contributed by atoms with E-state index < -0.39 is 5.97 Å². The van der Waals surface area contributed by atoms with Crippen molar-refractivity contribution in [3.05, 3.63) is 12.2 Å². The van der Waals surface area contributed by atoms with E-state index in [0.29, 0.717) is 6.42 Å². The molecular weight excluding hydrogens is 248 g/mol. The molecular formula is C18H26O2. The smallest absolute Gasteiger partial charge is 0.303 e. The quantitative estimate of drug-likeness (QED) is 0.468. The third-order valence-electron chi connectivity index (χ3n) is 2.84. The molecule has 0 saturated heterocycles. The molecule has 0 aromatic heterocycles. The molecule has 110 valence electrons. The van der Waals surface area contributed by atoms with E-state index in [9.17, 15) is 4.79 Å². The zero-order valence-electron chi connectivity index (χ0n) is 12.6. The maximum absolute atomic E-state index is 10.3. The van der Waals surface area contributed by atoms with Crippen LogP contribution in [0.25, 0.3) is 0 Å². The van der Waals surface area contributed by atoms with E-state index in [1.54, 1.807) is 6.08 Å². The second-order valence-electron chi connectivity index (χ2n) is 4.78. The third kappa shape index (κ3) is 16.3. The van der Waals surface area contributed by atoms with E-state index in [1.807, 2.05) is 6.08 Å². The fourth-order valence-corrected chi connectivity index (χ4v) is 1.69. The number of allylic oxidation sites excluding steroid dienone is 2. The summed E-state index contributed by atoms with van der Waals surface area (Å²) < 4.78 is 0. The summed E-state index contributed by atoms with van der Waals surface area (Å²) in [5.74, 6) is 10.8. The minimum absolute atomic E-state index is 0.218. The lowest BCUT2D eigenvalue weighted by molar-refractivity contribution is -0.137. The van der Waals surface area contributed by atoms with Gasteiger partial charge in [0.25, 0.3) is 0 Å². The highest BCUT2D eigenvalue weighted by Crippen LogP contribution is 2.05. The summed E-state index contributed by atoms with van der Waals surface area (Å²) in [5.41, 5.74) is 0. The minimum atomic E-state index is -0.745. The minimum Gasteiger partial charge on any atom is -0.481 e. The van der Waals surface area contributed by atoms with Gasteiger partial charge in [0.15, 0.2) is 0 Å². The van der Waals surface area contributed by atoms with Crippen molar-refractivity contribution in [2.75, 3.05) is 0 Å². The van der Waals surface area contributed by atoms with Crippen LogP contribution in [0.3, 0.4) is 0 Å². The average molecular weight is 274 g/mol. The van der Waals surface area contributed by atoms with Crippen LogP contribution < -0.4 is 0 Å². The molecule has 0 amide bonds. The standard InChI is InChI=1S/C18H26O2/c1-2-3-4-5-6-7-8-9-10-11-12-13-14-15-16-17-18(19)20/h13-14H,2-8,15-17H2,1H3,(H,19,20). The lowest BCUT2D eigenvalue weighted by Gasteiger charge is -1.96. The summed E-state index contributed by atoms with van der Waals surface area (Å²) in [6, 6.07) is 0. The van der Waals surface area contributed by atoms with Crippen molar-refractivity contribution in [1.82, 2.24) is 0 Å². The number of carbonyl (C=O) groups is 1. The van der Waals surface area contributed by atoms with Crippen molar-refractivity contribution in [1.29, 1.82) is 0 Å². The molecule has 0 unspecified atom stereocenters. The Labute approximate surface area is 123 Å². The van der Waals surface area contributed by atoms with Gasteiger partial charge < -0.3 is 5.11 Å². The third-order valence-corrected chi connectivity index (χ3v) is 2.84. The Morgan fingerprint density at radius 2 is 1.80 bits per heavy atom. The molecule has 0 atom stereocenters. The molecule has 0 aromatic carbocycles. The van der Waals surface area contributed by atoms with Crippen LogP contribution in [-0.4, -0.2) is 11.1 Å². The highest BCUT2D eigenvalue weighted by atomic mass is 16.4. The molecule has 2 nitrogen and oxygen atoms in total. The van der Waals surface area contributed by atoms with Crippen LogP contribution in [0.4, 0.5) is 0 Å². The summed E-state index contributed by atoms with van der Waals surface area (Å²) in [6.07, 6.45) is 14.0. The predicted molar refractivity (Wildman–Crippen MR) is 84.2 cm³/mol. The van der Waals surface area contributed by atoms with Gasteiger partial charge in [0.1, 0.15) is 0 Å². The molecule has 0 saturated carbocycles. The maximum Gasteiger partial charge on any atom is 0.303 e. The lowest BCUT2D eigenvalue weighted by atomic mass is 10.1. The van der Waals surface area contributed by atoms with Crippen LogP contribution in [0.15, 0.2) is 12.2 Å². The first-order valence-corrected chi connectivity index (χ1v) is 7.62. The molecule has 0 aromatic rings. The number of carboxylic acids is 1. The predicted octanol–water partition coefficient (Wildman–Crippen LogP) is 4.55. The SMILES string of the molecule is CCCCCCCCC#CC#CC=CCCCC(=O)O. The molecule has 2 heteroatoms. The normalized spacial score (nSPS) is 9.65. The van der Waals surface area contributed by atoms with Crippen LogP contribution in [0.2, 0.25) is 0 Å². The first kappa shape index (κ1) is 18.3. The number of unbranched alkanes of at least 4 members (excludes halogenated alkanes) is 7. The molecule has 0 aliphatic rings. The van der Waals surface area contributed by atoms with E-state index in [0.717, 1.165) is 12.8 Å². The summed E-state index contributed by atoms with van der Waals surface area (Å²) in [6.45, 7) is 2.23. The number of aliphatic carboxylic acids is 1. The van der Waals surface area contributed by atoms with E-state index in [1.165, 1.54) is 38.5 Å². The van der Waals surface area contributed by atoms with E-state index in [4.69, 9.17) is 5.11 Å². The van der Waals surface area contributed by atoms with Crippen LogP contribution in [-0.2, 0) is 4.79 Å². The van der Waals surface area contributed by atoms with Crippen LogP contribution in [0.5, 0.6) is 0 Å². The summed E-state index contributed by atoms with van der Waals surface area (Å²) >= 11 is 0. The molecule has 0 bridgehead atoms. The van der Waals surface area contributed by atoms with Crippen LogP contribution in [0.1, 0.15) is 71.1 Å². The van der Waals surface area contributed by atoms with Gasteiger partial charge in [0, 0.05) is 12.8 Å². The van der Waals surface area contributed by atoms with E-state index in [-0.39, 0.29) is 6.42 Å². The first-order valence-electron chi connectivity index (χ1n) is 7.62. The Balaban J connectivity index is 3.45. The fraction of sp³-hybridized carbons (Fsp3) is 0.611. The van der Waals surface area contributed by atoms with Crippen molar-refractivity contribution >= 4 is 5.97 Å². The van der Waals surface area contributed by atoms with Gasteiger partial charge in [0.05, 0.1) is 0 Å². The van der Waals surface area contributed by atoms with Gasteiger partial charge >= 0.3 is 5.97 Å². The number of hydrogen-bond acceptors (Lipinski definition) is 1. The van der Waals surface area contributed by atoms with Crippen molar-refractivity contribution < 1.29 is 9.90 Å². The molecule has 0 aliphatic heterocycles. The Morgan fingerprint density at radius 1 is 1.05 bits per heavy atom. The van der Waals surface area contributed by atoms with Gasteiger partial charge in [-0.2, -0.15) is 0 Å². The van der Waals surface area contributed by atoms with Gasteiger partial charge in [-0.15, -0.1) is 0 Å². The topological polar surface area (TPSA) is 37.3 Å². The molecule has 0 aliphatic carbocycles. The summed E-state index contributed by atoms with van der Waals surface area (Å²) in [4.78, 5) is 10.3. The largest absolute Gasteiger partial charge is 0.481 e. The Hall–Kier alpha value is -1.67. The van der Waals surface area contributed by atoms with Gasteiger partial charge in [-0.3, -0.25) is 4.79 Å². The van der Waals surface area contributed by atoms with Crippen molar-refractivity contribution in [2.45, 2.75) is 71.1 Å². The van der Waals surface area contributed by atoms with E-state index >= 15 is 0 Å². The Kier molecular flexibility index (Phi) is 14.1. The summed E-state index contributed by atoms with van der Waals surface area (Å²) in [5, 5.41) is 8.45. The highest BCUT2D eigenvalue weighted by molar-refractivity contribution is 5.66. The average Bonchev–Trinajstić information content (AvgIpc) is 2.43. The second-order valence-corrected chi connectivity index (χ2v) is 4.78. The number of carboxylic acid groups (broad SMARTS) is 1. The van der Waals surface area contributed by atoms with Gasteiger partial charge in [0.2, 0.25) is 0 Å². The Bertz CT molecular complexity index is 385. The molecule has 0 radical (unpaired) electrons. The molecule has 0 fully saturated rings. The highest BCUT2D eigenvalue weighted by Gasteiger charge is 1.92. The van der Waals surface area contributed by atoms with Crippen LogP contribution >= 0.6 is 0 Å². The number of rotatable bonds is 10. The zero-order chi connectivity index (χ0) is 14.9. The zero-order valence-corrected chi connectivity index (χ0v) is 12.6. The van der Waals surface area contributed by atoms with Gasteiger partial charge in [-0.25, -0.2) is 0 Å². The molecule has 0 rings (SSSR count). The number of hydrogen-bond donors (Lipinski definition) is 1. The second kappa shape index (κ2) is 15.4. The van der Waals surface area contributed by atoms with Crippen molar-refractivity contribution in [3.8, 4) is 23.7 Å². The Morgan fingerprint density at radius 3 is 2.55 bits per heavy atom. The first-order chi connectivity index (χ1) is 9.77. The van der Waals surface area contributed by atoms with E-state index in [2.05, 4.69) is 30.6 Å². The molecule has 0 spiro atoms.